The molecule has 4 aromatic carbocycles. The molecule has 0 saturated carbocycles. The Morgan fingerprint density at radius 3 is 1.84 bits per heavy atom. The Morgan fingerprint density at radius 2 is 1.22 bits per heavy atom. The van der Waals surface area contributed by atoms with Gasteiger partial charge in [0.15, 0.2) is 0 Å². The highest BCUT2D eigenvalue weighted by molar-refractivity contribution is 6.14. The van der Waals surface area contributed by atoms with Crippen LogP contribution in [-0.2, 0) is 4.79 Å². The summed E-state index contributed by atoms with van der Waals surface area (Å²) in [5, 5.41) is 6.92. The fourth-order valence-corrected chi connectivity index (χ4v) is 4.07. The quantitative estimate of drug-likeness (QED) is 0.300. The Kier molecular flexibility index (Phi) is 5.50. The molecule has 32 heavy (non-hydrogen) atoms. The second-order valence-electron chi connectivity index (χ2n) is 7.60. The van der Waals surface area contributed by atoms with Crippen molar-refractivity contribution in [2.45, 2.75) is 6.04 Å². The van der Waals surface area contributed by atoms with E-state index in [-0.39, 0.29) is 12.0 Å². The number of para-hydroxylation sites is 2. The highest BCUT2D eigenvalue weighted by Gasteiger charge is 2.45. The van der Waals surface area contributed by atoms with Crippen LogP contribution in [0.3, 0.4) is 0 Å². The zero-order chi connectivity index (χ0) is 21.8. The smallest absolute Gasteiger partial charge is 0.323 e. The van der Waals surface area contributed by atoms with Gasteiger partial charge in [-0.3, -0.25) is 9.80 Å². The van der Waals surface area contributed by atoms with Gasteiger partial charge in [0.1, 0.15) is 11.7 Å². The molecular formula is C28H22N2O2. The first kappa shape index (κ1) is 19.8. The average molecular weight is 418 g/mol. The van der Waals surface area contributed by atoms with Crippen LogP contribution in [0.25, 0.3) is 0 Å². The van der Waals surface area contributed by atoms with Crippen molar-refractivity contribution < 1.29 is 9.53 Å². The van der Waals surface area contributed by atoms with Crippen LogP contribution in [-0.4, -0.2) is 11.7 Å². The van der Waals surface area contributed by atoms with Crippen LogP contribution < -0.4 is 9.75 Å². The normalized spacial score (nSPS) is 17.6. The van der Waals surface area contributed by atoms with Gasteiger partial charge < -0.3 is 4.74 Å². The van der Waals surface area contributed by atoms with Crippen molar-refractivity contribution in [3.05, 3.63) is 132 Å². The molecule has 0 bridgehead atoms. The number of benzene rings is 4. The number of anilines is 1. The molecule has 2 unspecified atom stereocenters. The summed E-state index contributed by atoms with van der Waals surface area (Å²) in [6.45, 7) is 0. The first-order chi connectivity index (χ1) is 15.8. The Labute approximate surface area is 187 Å². The van der Waals surface area contributed by atoms with Crippen LogP contribution in [0.4, 0.5) is 5.69 Å². The van der Waals surface area contributed by atoms with E-state index in [9.17, 15) is 4.79 Å². The SMILES string of the molecule is O=C(Oc1ccccc1)C1C(c2ccccc2)=NN(c2ccccc2)C1c1ccccc1. The van der Waals surface area contributed by atoms with Crippen molar-refractivity contribution in [1.82, 2.24) is 0 Å². The van der Waals surface area contributed by atoms with Crippen molar-refractivity contribution in [2.75, 3.05) is 5.01 Å². The Morgan fingerprint density at radius 1 is 0.688 bits per heavy atom. The van der Waals surface area contributed by atoms with Crippen LogP contribution >= 0.6 is 0 Å². The molecule has 0 spiro atoms. The monoisotopic (exact) mass is 418 g/mol. The van der Waals surface area contributed by atoms with Crippen molar-refractivity contribution in [2.24, 2.45) is 11.0 Å². The van der Waals surface area contributed by atoms with Gasteiger partial charge in [-0.15, -0.1) is 0 Å². The minimum atomic E-state index is -0.597. The number of ether oxygens (including phenoxy) is 1. The van der Waals surface area contributed by atoms with Crippen LogP contribution in [0.5, 0.6) is 5.75 Å². The lowest BCUT2D eigenvalue weighted by Crippen LogP contribution is -2.34. The number of carbonyl (C=O) groups excluding carboxylic acids is 1. The largest absolute Gasteiger partial charge is 0.426 e. The van der Waals surface area contributed by atoms with Gasteiger partial charge in [-0.2, -0.15) is 5.10 Å². The maximum absolute atomic E-state index is 13.6. The van der Waals surface area contributed by atoms with Gasteiger partial charge >= 0.3 is 5.97 Å². The number of esters is 1. The van der Waals surface area contributed by atoms with E-state index in [0.717, 1.165) is 16.8 Å². The second kappa shape index (κ2) is 8.90. The molecule has 0 aliphatic carbocycles. The van der Waals surface area contributed by atoms with Crippen LogP contribution in [0.2, 0.25) is 0 Å². The Balaban J connectivity index is 1.63. The first-order valence-corrected chi connectivity index (χ1v) is 10.6. The van der Waals surface area contributed by atoms with Crippen LogP contribution in [0, 0.1) is 5.92 Å². The fourth-order valence-electron chi connectivity index (χ4n) is 4.07. The Bertz CT molecular complexity index is 1210. The van der Waals surface area contributed by atoms with Crippen LogP contribution in [0.15, 0.2) is 126 Å². The summed E-state index contributed by atoms with van der Waals surface area (Å²) in [7, 11) is 0. The third-order valence-electron chi connectivity index (χ3n) is 5.54. The summed E-state index contributed by atoms with van der Waals surface area (Å²) in [6.07, 6.45) is 0. The minimum Gasteiger partial charge on any atom is -0.426 e. The molecule has 4 heteroatoms. The molecule has 0 amide bonds. The van der Waals surface area contributed by atoms with Crippen molar-refractivity contribution in [3.63, 3.8) is 0 Å². The summed E-state index contributed by atoms with van der Waals surface area (Å²) in [5.41, 5.74) is 3.52. The topological polar surface area (TPSA) is 41.9 Å². The van der Waals surface area contributed by atoms with Gasteiger partial charge in [-0.1, -0.05) is 97.1 Å². The van der Waals surface area contributed by atoms with Gasteiger partial charge in [0.2, 0.25) is 0 Å². The van der Waals surface area contributed by atoms with E-state index in [1.165, 1.54) is 0 Å². The molecule has 4 nitrogen and oxygen atoms in total. The molecule has 1 aliphatic heterocycles. The number of nitrogens with zero attached hydrogens (tertiary/aromatic N) is 2. The zero-order valence-electron chi connectivity index (χ0n) is 17.4. The van der Waals surface area contributed by atoms with E-state index >= 15 is 0 Å². The standard InChI is InChI=1S/C28H22N2O2/c31-28(32-24-19-11-4-12-20-24)25-26(21-13-5-1-6-14-21)29-30(23-17-9-3-10-18-23)27(25)22-15-7-2-8-16-22/h1-20,25,27H. The predicted octanol–water partition coefficient (Wildman–Crippen LogP) is 5.87. The highest BCUT2D eigenvalue weighted by atomic mass is 16.5. The number of hydrogen-bond donors (Lipinski definition) is 0. The molecular weight excluding hydrogens is 396 g/mol. The van der Waals surface area contributed by atoms with Crippen molar-refractivity contribution in [3.8, 4) is 5.75 Å². The summed E-state index contributed by atoms with van der Waals surface area (Å²) in [6, 6.07) is 38.7. The number of hydrazone groups is 1. The number of carbonyl (C=O) groups is 1. The lowest BCUT2D eigenvalue weighted by molar-refractivity contribution is -0.137. The van der Waals surface area contributed by atoms with E-state index in [0.29, 0.717) is 11.5 Å². The van der Waals surface area contributed by atoms with Gasteiger partial charge in [0.25, 0.3) is 0 Å². The third kappa shape index (κ3) is 3.91. The molecule has 1 aliphatic rings. The van der Waals surface area contributed by atoms with Gasteiger partial charge in [0, 0.05) is 0 Å². The molecule has 5 rings (SSSR count). The molecule has 0 radical (unpaired) electrons. The fraction of sp³-hybridized carbons (Fsp3) is 0.0714. The molecule has 0 aromatic heterocycles. The summed E-state index contributed by atoms with van der Waals surface area (Å²) in [4.78, 5) is 13.6. The molecule has 0 fully saturated rings. The molecule has 0 N–H and O–H groups in total. The molecule has 4 aromatic rings. The molecule has 2 atom stereocenters. The van der Waals surface area contributed by atoms with Crippen molar-refractivity contribution in [1.29, 1.82) is 0 Å². The first-order valence-electron chi connectivity index (χ1n) is 10.6. The summed E-state index contributed by atoms with van der Waals surface area (Å²) >= 11 is 0. The zero-order valence-corrected chi connectivity index (χ0v) is 17.4. The predicted molar refractivity (Wildman–Crippen MR) is 127 cm³/mol. The van der Waals surface area contributed by atoms with Gasteiger partial charge in [-0.05, 0) is 35.4 Å². The van der Waals surface area contributed by atoms with E-state index in [1.807, 2.05) is 114 Å². The maximum Gasteiger partial charge on any atom is 0.323 e. The van der Waals surface area contributed by atoms with E-state index in [4.69, 9.17) is 9.84 Å². The van der Waals surface area contributed by atoms with E-state index in [1.54, 1.807) is 12.1 Å². The lowest BCUT2D eigenvalue weighted by Gasteiger charge is -2.27. The molecule has 156 valence electrons. The van der Waals surface area contributed by atoms with E-state index in [2.05, 4.69) is 0 Å². The molecule has 0 saturated heterocycles. The molecule has 1 heterocycles. The second-order valence-corrected chi connectivity index (χ2v) is 7.60. The minimum absolute atomic E-state index is 0.328. The average Bonchev–Trinajstić information content (AvgIpc) is 3.27. The number of hydrogen-bond acceptors (Lipinski definition) is 4. The maximum atomic E-state index is 13.6. The summed E-state index contributed by atoms with van der Waals surface area (Å²) < 4.78 is 5.84. The number of rotatable bonds is 5. The summed E-state index contributed by atoms with van der Waals surface area (Å²) in [5.74, 6) is -0.402. The lowest BCUT2D eigenvalue weighted by atomic mass is 9.87. The van der Waals surface area contributed by atoms with E-state index < -0.39 is 5.92 Å². The van der Waals surface area contributed by atoms with Gasteiger partial charge in [0.05, 0.1) is 17.4 Å². The third-order valence-corrected chi connectivity index (χ3v) is 5.54. The highest BCUT2D eigenvalue weighted by Crippen LogP contribution is 2.41. The van der Waals surface area contributed by atoms with Crippen LogP contribution in [0.1, 0.15) is 17.2 Å². The Hall–Kier alpha value is -4.18. The van der Waals surface area contributed by atoms with Crippen molar-refractivity contribution >= 4 is 17.4 Å². The van der Waals surface area contributed by atoms with Gasteiger partial charge in [-0.25, -0.2) is 0 Å².